The Morgan fingerprint density at radius 2 is 2.06 bits per heavy atom. The number of rotatable bonds is 3. The maximum absolute atomic E-state index is 8.83. The summed E-state index contributed by atoms with van der Waals surface area (Å²) in [5.74, 6) is 0.569. The minimum Gasteiger partial charge on any atom is -0.366 e. The van der Waals surface area contributed by atoms with Gasteiger partial charge in [0.25, 0.3) is 0 Å². The molecule has 18 heavy (non-hydrogen) atoms. The van der Waals surface area contributed by atoms with Gasteiger partial charge in [-0.05, 0) is 29.8 Å². The van der Waals surface area contributed by atoms with Crippen molar-refractivity contribution in [3.05, 3.63) is 57.7 Å². The molecule has 0 spiro atoms. The number of hydrogen-bond donors (Lipinski definition) is 1. The molecular formula is C13H9Cl2N3. The highest BCUT2D eigenvalue weighted by atomic mass is 35.5. The quantitative estimate of drug-likeness (QED) is 0.867. The first-order chi connectivity index (χ1) is 8.67. The van der Waals surface area contributed by atoms with Crippen LogP contribution in [0.25, 0.3) is 0 Å². The normalized spacial score (nSPS) is 9.83. The van der Waals surface area contributed by atoms with Crippen molar-refractivity contribution >= 4 is 29.0 Å². The number of pyridine rings is 1. The van der Waals surface area contributed by atoms with Crippen molar-refractivity contribution in [1.29, 1.82) is 5.26 Å². The molecule has 0 amide bonds. The van der Waals surface area contributed by atoms with Crippen LogP contribution in [0.1, 0.15) is 11.1 Å². The topological polar surface area (TPSA) is 48.7 Å². The fourth-order valence-corrected chi connectivity index (χ4v) is 1.91. The molecule has 0 bridgehead atoms. The largest absolute Gasteiger partial charge is 0.366 e. The monoisotopic (exact) mass is 277 g/mol. The van der Waals surface area contributed by atoms with Gasteiger partial charge in [-0.1, -0.05) is 35.3 Å². The van der Waals surface area contributed by atoms with Crippen molar-refractivity contribution in [2.75, 3.05) is 5.32 Å². The average Bonchev–Trinajstić information content (AvgIpc) is 2.36. The maximum atomic E-state index is 8.83. The number of nitrogens with zero attached hydrogens (tertiary/aromatic N) is 2. The Labute approximate surface area is 115 Å². The summed E-state index contributed by atoms with van der Waals surface area (Å²) in [6.07, 6.45) is 0. The maximum Gasteiger partial charge on any atom is 0.132 e. The van der Waals surface area contributed by atoms with Crippen LogP contribution in [0.3, 0.4) is 0 Å². The van der Waals surface area contributed by atoms with Gasteiger partial charge in [-0.2, -0.15) is 5.26 Å². The van der Waals surface area contributed by atoms with E-state index in [9.17, 15) is 0 Å². The lowest BCUT2D eigenvalue weighted by Crippen LogP contribution is -2.01. The first-order valence-corrected chi connectivity index (χ1v) is 5.99. The second-order valence-electron chi connectivity index (χ2n) is 3.66. The van der Waals surface area contributed by atoms with Crippen molar-refractivity contribution in [1.82, 2.24) is 4.98 Å². The van der Waals surface area contributed by atoms with E-state index in [2.05, 4.69) is 10.3 Å². The highest BCUT2D eigenvalue weighted by Gasteiger charge is 2.01. The number of benzene rings is 1. The summed E-state index contributed by atoms with van der Waals surface area (Å²) in [7, 11) is 0. The summed E-state index contributed by atoms with van der Waals surface area (Å²) in [6.45, 7) is 0.568. The molecule has 1 aromatic carbocycles. The smallest absolute Gasteiger partial charge is 0.132 e. The standard InChI is InChI=1S/C13H9Cl2N3/c14-11-3-1-2-9(4-11)8-17-13-6-10(7-16)5-12(15)18-13/h1-6H,8H2,(H,17,18). The Kier molecular flexibility index (Phi) is 4.03. The Bertz CT molecular complexity index is 605. The summed E-state index contributed by atoms with van der Waals surface area (Å²) in [4.78, 5) is 4.09. The number of aromatic nitrogens is 1. The molecule has 1 N–H and O–H groups in total. The first-order valence-electron chi connectivity index (χ1n) is 5.23. The molecule has 0 fully saturated rings. The third-order valence-electron chi connectivity index (χ3n) is 2.29. The second-order valence-corrected chi connectivity index (χ2v) is 4.48. The fraction of sp³-hybridized carbons (Fsp3) is 0.0769. The highest BCUT2D eigenvalue weighted by molar-refractivity contribution is 6.30. The predicted molar refractivity (Wildman–Crippen MR) is 72.7 cm³/mol. The van der Waals surface area contributed by atoms with Crippen LogP contribution < -0.4 is 5.32 Å². The van der Waals surface area contributed by atoms with E-state index in [4.69, 9.17) is 28.5 Å². The molecule has 3 nitrogen and oxygen atoms in total. The van der Waals surface area contributed by atoms with Crippen LogP contribution in [0.5, 0.6) is 0 Å². The van der Waals surface area contributed by atoms with E-state index < -0.39 is 0 Å². The number of halogens is 2. The van der Waals surface area contributed by atoms with Gasteiger partial charge < -0.3 is 5.32 Å². The Morgan fingerprint density at radius 1 is 1.22 bits per heavy atom. The van der Waals surface area contributed by atoms with Crippen LogP contribution in [0.2, 0.25) is 10.2 Å². The van der Waals surface area contributed by atoms with Gasteiger partial charge >= 0.3 is 0 Å². The molecular weight excluding hydrogens is 269 g/mol. The summed E-state index contributed by atoms with van der Waals surface area (Å²) in [6, 6.07) is 12.7. The molecule has 1 aromatic heterocycles. The predicted octanol–water partition coefficient (Wildman–Crippen LogP) is 3.87. The van der Waals surface area contributed by atoms with E-state index >= 15 is 0 Å². The molecule has 0 aliphatic rings. The van der Waals surface area contributed by atoms with E-state index in [-0.39, 0.29) is 0 Å². The summed E-state index contributed by atoms with van der Waals surface area (Å²) < 4.78 is 0. The van der Waals surface area contributed by atoms with Gasteiger partial charge in [-0.3, -0.25) is 0 Å². The zero-order valence-electron chi connectivity index (χ0n) is 9.32. The second kappa shape index (κ2) is 5.72. The Morgan fingerprint density at radius 3 is 2.78 bits per heavy atom. The Balaban J connectivity index is 2.11. The van der Waals surface area contributed by atoms with E-state index in [1.54, 1.807) is 6.07 Å². The van der Waals surface area contributed by atoms with E-state index in [0.717, 1.165) is 5.56 Å². The molecule has 2 rings (SSSR count). The van der Waals surface area contributed by atoms with Gasteiger partial charge in [0.2, 0.25) is 0 Å². The Hall–Kier alpha value is -1.76. The van der Waals surface area contributed by atoms with Crippen molar-refractivity contribution in [2.45, 2.75) is 6.54 Å². The highest BCUT2D eigenvalue weighted by Crippen LogP contribution is 2.16. The summed E-state index contributed by atoms with van der Waals surface area (Å²) in [5, 5.41) is 12.9. The molecule has 1 heterocycles. The zero-order valence-corrected chi connectivity index (χ0v) is 10.8. The third kappa shape index (κ3) is 3.36. The van der Waals surface area contributed by atoms with Crippen molar-refractivity contribution in [3.63, 3.8) is 0 Å². The minimum atomic E-state index is 0.294. The number of hydrogen-bond acceptors (Lipinski definition) is 3. The minimum absolute atomic E-state index is 0.294. The lowest BCUT2D eigenvalue weighted by atomic mass is 10.2. The zero-order chi connectivity index (χ0) is 13.0. The van der Waals surface area contributed by atoms with Crippen LogP contribution in [0.15, 0.2) is 36.4 Å². The number of nitrogens with one attached hydrogen (secondary N) is 1. The van der Waals surface area contributed by atoms with Gasteiger partial charge in [0.1, 0.15) is 11.0 Å². The average molecular weight is 278 g/mol. The van der Waals surface area contributed by atoms with Crippen LogP contribution in [-0.2, 0) is 6.54 Å². The fourth-order valence-electron chi connectivity index (χ4n) is 1.49. The molecule has 0 atom stereocenters. The summed E-state index contributed by atoms with van der Waals surface area (Å²) >= 11 is 11.7. The van der Waals surface area contributed by atoms with Crippen molar-refractivity contribution < 1.29 is 0 Å². The van der Waals surface area contributed by atoms with Crippen LogP contribution >= 0.6 is 23.2 Å². The molecule has 0 saturated carbocycles. The molecule has 90 valence electrons. The van der Waals surface area contributed by atoms with Crippen LogP contribution in [0, 0.1) is 11.3 Å². The van der Waals surface area contributed by atoms with Crippen molar-refractivity contribution in [3.8, 4) is 6.07 Å². The molecule has 0 radical (unpaired) electrons. The van der Waals surface area contributed by atoms with Crippen LogP contribution in [-0.4, -0.2) is 4.98 Å². The third-order valence-corrected chi connectivity index (χ3v) is 2.71. The van der Waals surface area contributed by atoms with Gasteiger partial charge in [0, 0.05) is 11.6 Å². The van der Waals surface area contributed by atoms with E-state index in [0.29, 0.717) is 28.1 Å². The van der Waals surface area contributed by atoms with Gasteiger partial charge in [0.05, 0.1) is 11.6 Å². The number of anilines is 1. The molecule has 2 aromatic rings. The molecule has 0 unspecified atom stereocenters. The molecule has 0 saturated heterocycles. The van der Waals surface area contributed by atoms with E-state index in [1.165, 1.54) is 6.07 Å². The van der Waals surface area contributed by atoms with Gasteiger partial charge in [0.15, 0.2) is 0 Å². The lowest BCUT2D eigenvalue weighted by Gasteiger charge is -2.06. The molecule has 0 aliphatic heterocycles. The SMILES string of the molecule is N#Cc1cc(Cl)nc(NCc2cccc(Cl)c2)c1. The van der Waals surface area contributed by atoms with Gasteiger partial charge in [-0.25, -0.2) is 4.98 Å². The molecule has 5 heteroatoms. The molecule has 0 aliphatic carbocycles. The lowest BCUT2D eigenvalue weighted by molar-refractivity contribution is 1.11. The van der Waals surface area contributed by atoms with Crippen LogP contribution in [0.4, 0.5) is 5.82 Å². The number of nitriles is 1. The summed E-state index contributed by atoms with van der Waals surface area (Å²) in [5.41, 5.74) is 1.51. The van der Waals surface area contributed by atoms with Gasteiger partial charge in [-0.15, -0.1) is 0 Å². The van der Waals surface area contributed by atoms with E-state index in [1.807, 2.05) is 30.3 Å². The first kappa shape index (κ1) is 12.7. The van der Waals surface area contributed by atoms with Crippen molar-refractivity contribution in [2.24, 2.45) is 0 Å².